The summed E-state index contributed by atoms with van der Waals surface area (Å²) in [5.41, 5.74) is 6.25. The van der Waals surface area contributed by atoms with E-state index >= 15 is 0 Å². The second-order valence-corrected chi connectivity index (χ2v) is 11.8. The van der Waals surface area contributed by atoms with Gasteiger partial charge in [0.2, 0.25) is 0 Å². The summed E-state index contributed by atoms with van der Waals surface area (Å²) < 4.78 is 6.05. The molecule has 5 rings (SSSR count). The van der Waals surface area contributed by atoms with Gasteiger partial charge in [0.1, 0.15) is 11.5 Å². The van der Waals surface area contributed by atoms with Crippen molar-refractivity contribution in [2.75, 3.05) is 0 Å². The molecular weight excluding hydrogens is 452 g/mol. The topological polar surface area (TPSA) is 81.8 Å². The van der Waals surface area contributed by atoms with E-state index in [0.29, 0.717) is 42.7 Å². The van der Waals surface area contributed by atoms with Gasteiger partial charge in [0.25, 0.3) is 0 Å². The van der Waals surface area contributed by atoms with E-state index in [4.69, 9.17) is 9.36 Å². The van der Waals surface area contributed by atoms with Crippen LogP contribution >= 0.6 is 0 Å². The van der Waals surface area contributed by atoms with Crippen molar-refractivity contribution in [1.82, 2.24) is 5.16 Å². The maximum absolute atomic E-state index is 13.3. The quantitative estimate of drug-likeness (QED) is 0.328. The summed E-state index contributed by atoms with van der Waals surface area (Å²) in [6.45, 7) is 8.70. The highest BCUT2D eigenvalue weighted by Crippen LogP contribution is 2.53. The van der Waals surface area contributed by atoms with Crippen molar-refractivity contribution in [2.45, 2.75) is 103 Å². The number of hydrogen-bond acceptors (Lipinski definition) is 6. The molecular formula is C30H38N2O4. The van der Waals surface area contributed by atoms with E-state index in [2.05, 4.69) is 56.2 Å². The molecule has 1 aromatic heterocycles. The van der Waals surface area contributed by atoms with Gasteiger partial charge in [-0.2, -0.15) is 0 Å². The van der Waals surface area contributed by atoms with Crippen LogP contribution in [0.25, 0.3) is 0 Å². The molecule has 1 aromatic carbocycles. The molecule has 2 aromatic rings. The molecule has 1 aliphatic heterocycles. The van der Waals surface area contributed by atoms with Gasteiger partial charge in [-0.1, -0.05) is 47.9 Å². The first kappa shape index (κ1) is 24.9. The maximum atomic E-state index is 13.3. The van der Waals surface area contributed by atoms with Crippen LogP contribution in [0.1, 0.15) is 117 Å². The molecule has 192 valence electrons. The predicted molar refractivity (Wildman–Crippen MR) is 138 cm³/mol. The van der Waals surface area contributed by atoms with Crippen molar-refractivity contribution in [3.05, 3.63) is 51.9 Å². The van der Waals surface area contributed by atoms with Crippen molar-refractivity contribution in [3.8, 4) is 0 Å². The highest BCUT2D eigenvalue weighted by Gasteiger charge is 2.42. The van der Waals surface area contributed by atoms with Crippen LogP contribution in [0, 0.1) is 25.7 Å². The predicted octanol–water partition coefficient (Wildman–Crippen LogP) is 6.69. The van der Waals surface area contributed by atoms with Gasteiger partial charge in [-0.25, -0.2) is 4.79 Å². The van der Waals surface area contributed by atoms with Gasteiger partial charge < -0.3 is 9.36 Å². The summed E-state index contributed by atoms with van der Waals surface area (Å²) in [7, 11) is 0. The first-order valence-corrected chi connectivity index (χ1v) is 13.6. The molecule has 0 spiro atoms. The first-order chi connectivity index (χ1) is 17.3. The molecule has 2 aliphatic carbocycles. The number of aromatic nitrogens is 1. The smallest absolute Gasteiger partial charge is 0.340 e. The third kappa shape index (κ3) is 5.63. The molecule has 0 N–H and O–H groups in total. The number of nitrogens with zero attached hydrogens (tertiary/aromatic N) is 2. The minimum absolute atomic E-state index is 0.156. The van der Waals surface area contributed by atoms with E-state index in [1.165, 1.54) is 17.5 Å². The Balaban J connectivity index is 1.37. The molecule has 2 heterocycles. The summed E-state index contributed by atoms with van der Waals surface area (Å²) >= 11 is 0. The van der Waals surface area contributed by atoms with E-state index in [-0.39, 0.29) is 24.1 Å². The van der Waals surface area contributed by atoms with Gasteiger partial charge in [0.15, 0.2) is 0 Å². The lowest BCUT2D eigenvalue weighted by molar-refractivity contribution is -0.140. The highest BCUT2D eigenvalue weighted by atomic mass is 16.7. The van der Waals surface area contributed by atoms with Gasteiger partial charge >= 0.3 is 5.97 Å². The van der Waals surface area contributed by atoms with Crippen molar-refractivity contribution >= 4 is 17.5 Å². The monoisotopic (exact) mass is 490 g/mol. The zero-order valence-electron chi connectivity index (χ0n) is 22.0. The van der Waals surface area contributed by atoms with Crippen LogP contribution in [0.15, 0.2) is 27.9 Å². The van der Waals surface area contributed by atoms with E-state index in [9.17, 15) is 9.59 Å². The van der Waals surface area contributed by atoms with Crippen LogP contribution in [-0.2, 0) is 20.8 Å². The highest BCUT2D eigenvalue weighted by molar-refractivity contribution is 6.02. The van der Waals surface area contributed by atoms with Crippen LogP contribution < -0.4 is 0 Å². The second kappa shape index (κ2) is 10.3. The van der Waals surface area contributed by atoms with E-state index in [1.54, 1.807) is 0 Å². The molecule has 0 unspecified atom stereocenters. The summed E-state index contributed by atoms with van der Waals surface area (Å²) in [5.74, 6) is 3.13. The van der Waals surface area contributed by atoms with E-state index in [1.807, 2.05) is 0 Å². The van der Waals surface area contributed by atoms with Crippen LogP contribution in [0.2, 0.25) is 0 Å². The number of benzene rings is 1. The first-order valence-electron chi connectivity index (χ1n) is 13.6. The van der Waals surface area contributed by atoms with Gasteiger partial charge in [-0.05, 0) is 81.3 Å². The Morgan fingerprint density at radius 3 is 2.56 bits per heavy atom. The third-order valence-corrected chi connectivity index (χ3v) is 8.03. The Kier molecular flexibility index (Phi) is 7.14. The number of aryl methyl sites for hydroxylation is 2. The lowest BCUT2D eigenvalue weighted by atomic mass is 9.69. The third-order valence-electron chi connectivity index (χ3n) is 8.03. The van der Waals surface area contributed by atoms with Gasteiger partial charge in [0.05, 0.1) is 17.8 Å². The average molecular weight is 491 g/mol. The van der Waals surface area contributed by atoms with Crippen molar-refractivity contribution in [1.29, 1.82) is 0 Å². The number of rotatable bonds is 11. The average Bonchev–Trinajstić information content (AvgIpc) is 3.40. The summed E-state index contributed by atoms with van der Waals surface area (Å²) in [4.78, 5) is 29.9. The fourth-order valence-electron chi connectivity index (χ4n) is 6.11. The molecule has 0 amide bonds. The molecule has 1 atom stereocenters. The number of Topliss-reactive ketones (excluding diaryl/α,β-unsaturated/α-hetero) is 1. The van der Waals surface area contributed by atoms with Crippen LogP contribution in [0.5, 0.6) is 0 Å². The summed E-state index contributed by atoms with van der Waals surface area (Å²) in [6, 6.07) is 6.24. The fraction of sp³-hybridized carbons (Fsp3) is 0.600. The van der Waals surface area contributed by atoms with E-state index < -0.39 is 0 Å². The number of ketones is 1. The summed E-state index contributed by atoms with van der Waals surface area (Å²) in [6.07, 6.45) is 7.32. The number of carbonyl (C=O) groups excluding carboxylic acids is 2. The van der Waals surface area contributed by atoms with Crippen LogP contribution in [0.3, 0.4) is 0 Å². The standard InChI is InChI=1S/C30H38N2O4/c1-17(2)9-20-11-24(12-20)30-28(21-7-8-21)29(32-36-30)23(13-25-16-27(34)35-31-25)15-26(33)14-22-6-5-18(3)10-19(22)4/h5-6,10,17,20-21,23-24H,7-9,11-16H2,1-4H3/t20?,23-,24?/m0/s1. The Labute approximate surface area is 213 Å². The van der Waals surface area contributed by atoms with Crippen molar-refractivity contribution in [3.63, 3.8) is 0 Å². The van der Waals surface area contributed by atoms with Gasteiger partial charge in [0, 0.05) is 30.2 Å². The fourth-order valence-corrected chi connectivity index (χ4v) is 6.11. The minimum Gasteiger partial charge on any atom is -0.361 e. The molecule has 2 fully saturated rings. The second-order valence-electron chi connectivity index (χ2n) is 11.8. The number of hydrogen-bond donors (Lipinski definition) is 0. The SMILES string of the molecule is Cc1ccc(CC(=O)C[C@H](CC2=NOC(=O)C2)c2noc(C3CC(CC(C)C)C3)c2C2CC2)c(C)c1. The molecule has 0 radical (unpaired) electrons. The zero-order valence-corrected chi connectivity index (χ0v) is 22.0. The van der Waals surface area contributed by atoms with Crippen LogP contribution in [-0.4, -0.2) is 22.6 Å². The molecule has 6 heteroatoms. The lowest BCUT2D eigenvalue weighted by Crippen LogP contribution is -2.24. The van der Waals surface area contributed by atoms with Crippen molar-refractivity contribution < 1.29 is 18.9 Å². The number of carbonyl (C=O) groups is 2. The minimum atomic E-state index is -0.334. The molecule has 2 saturated carbocycles. The largest absolute Gasteiger partial charge is 0.361 e. The Morgan fingerprint density at radius 2 is 1.92 bits per heavy atom. The van der Waals surface area contributed by atoms with Gasteiger partial charge in [-0.3, -0.25) is 4.79 Å². The van der Waals surface area contributed by atoms with Crippen molar-refractivity contribution in [2.24, 2.45) is 17.0 Å². The molecule has 36 heavy (non-hydrogen) atoms. The van der Waals surface area contributed by atoms with Gasteiger partial charge in [-0.15, -0.1) is 0 Å². The number of oxime groups is 1. The zero-order chi connectivity index (χ0) is 25.4. The molecule has 3 aliphatic rings. The molecule has 0 saturated heterocycles. The Hall–Kier alpha value is -2.76. The Bertz CT molecular complexity index is 1170. The molecule has 0 bridgehead atoms. The maximum Gasteiger partial charge on any atom is 0.340 e. The van der Waals surface area contributed by atoms with E-state index in [0.717, 1.165) is 54.2 Å². The van der Waals surface area contributed by atoms with Crippen LogP contribution in [0.4, 0.5) is 0 Å². The molecule has 6 nitrogen and oxygen atoms in total. The normalized spacial score (nSPS) is 22.4. The summed E-state index contributed by atoms with van der Waals surface area (Å²) in [5, 5.41) is 8.60. The lowest BCUT2D eigenvalue weighted by Gasteiger charge is -2.35. The Morgan fingerprint density at radius 1 is 1.14 bits per heavy atom.